The Bertz CT molecular complexity index is 668. The van der Waals surface area contributed by atoms with E-state index in [0.29, 0.717) is 18.0 Å². The maximum Gasteiger partial charge on any atom is 0.381 e. The van der Waals surface area contributed by atoms with Crippen LogP contribution in [0.25, 0.3) is 0 Å². The van der Waals surface area contributed by atoms with Gasteiger partial charge in [-0.15, -0.1) is 0 Å². The van der Waals surface area contributed by atoms with Gasteiger partial charge in [-0.2, -0.15) is 0 Å². The zero-order valence-corrected chi connectivity index (χ0v) is 12.1. The summed E-state index contributed by atoms with van der Waals surface area (Å²) in [5.41, 5.74) is 0.565. The highest BCUT2D eigenvalue weighted by molar-refractivity contribution is 5.92. The summed E-state index contributed by atoms with van der Waals surface area (Å²) < 4.78 is 6.90. The molecule has 116 valence electrons. The number of amides is 1. The van der Waals surface area contributed by atoms with Gasteiger partial charge in [0.15, 0.2) is 0 Å². The lowest BCUT2D eigenvalue weighted by Gasteiger charge is -2.11. The molecule has 0 aliphatic heterocycles. The number of imidazole rings is 1. The van der Waals surface area contributed by atoms with Gasteiger partial charge in [0, 0.05) is 0 Å². The largest absolute Gasteiger partial charge is 0.491 e. The SMILES string of the molecule is CCCOc1ccccc1NC(=O)Cn1cnc([N+](=O)[O-])c1. The van der Waals surface area contributed by atoms with Crippen molar-refractivity contribution in [2.75, 3.05) is 11.9 Å². The number of benzene rings is 1. The average Bonchev–Trinajstić information content (AvgIpc) is 2.95. The number of carbonyl (C=O) groups excluding carboxylic acids is 1. The Balaban J connectivity index is 2.00. The highest BCUT2D eigenvalue weighted by atomic mass is 16.6. The first kappa shape index (κ1) is 15.5. The lowest BCUT2D eigenvalue weighted by molar-refractivity contribution is -0.389. The summed E-state index contributed by atoms with van der Waals surface area (Å²) in [5.74, 6) is -0.0198. The molecule has 1 N–H and O–H groups in total. The van der Waals surface area contributed by atoms with Crippen LogP contribution in [0, 0.1) is 10.1 Å². The Kier molecular flexibility index (Phi) is 5.07. The minimum Gasteiger partial charge on any atom is -0.491 e. The summed E-state index contributed by atoms with van der Waals surface area (Å²) in [5, 5.41) is 13.3. The minimum absolute atomic E-state index is 0.0665. The fraction of sp³-hybridized carbons (Fsp3) is 0.286. The van der Waals surface area contributed by atoms with Crippen molar-refractivity contribution in [2.24, 2.45) is 0 Å². The number of anilines is 1. The molecular weight excluding hydrogens is 288 g/mol. The van der Waals surface area contributed by atoms with Gasteiger partial charge in [-0.1, -0.05) is 19.1 Å². The van der Waals surface area contributed by atoms with E-state index in [-0.39, 0.29) is 18.3 Å². The lowest BCUT2D eigenvalue weighted by atomic mass is 10.3. The molecule has 0 atom stereocenters. The Morgan fingerprint density at radius 3 is 2.91 bits per heavy atom. The molecule has 8 nitrogen and oxygen atoms in total. The molecule has 0 radical (unpaired) electrons. The highest BCUT2D eigenvalue weighted by Gasteiger charge is 2.13. The summed E-state index contributed by atoms with van der Waals surface area (Å²) in [4.78, 5) is 25.5. The van der Waals surface area contributed by atoms with Gasteiger partial charge in [0.2, 0.25) is 12.2 Å². The molecule has 0 aliphatic carbocycles. The highest BCUT2D eigenvalue weighted by Crippen LogP contribution is 2.23. The molecule has 0 saturated carbocycles. The van der Waals surface area contributed by atoms with Crippen molar-refractivity contribution < 1.29 is 14.5 Å². The fourth-order valence-electron chi connectivity index (χ4n) is 1.79. The Hall–Kier alpha value is -2.90. The van der Waals surface area contributed by atoms with Crippen LogP contribution in [0.2, 0.25) is 0 Å². The van der Waals surface area contributed by atoms with Crippen LogP contribution in [0.1, 0.15) is 13.3 Å². The topological polar surface area (TPSA) is 99.3 Å². The van der Waals surface area contributed by atoms with Crippen molar-refractivity contribution >= 4 is 17.4 Å². The molecule has 22 heavy (non-hydrogen) atoms. The van der Waals surface area contributed by atoms with Gasteiger partial charge < -0.3 is 24.7 Å². The van der Waals surface area contributed by atoms with Crippen molar-refractivity contribution in [3.8, 4) is 5.75 Å². The summed E-state index contributed by atoms with van der Waals surface area (Å²) in [6.07, 6.45) is 3.32. The molecule has 8 heteroatoms. The maximum atomic E-state index is 12.0. The average molecular weight is 304 g/mol. The molecule has 0 spiro atoms. The van der Waals surface area contributed by atoms with E-state index in [1.54, 1.807) is 18.2 Å². The van der Waals surface area contributed by atoms with Gasteiger partial charge in [-0.25, -0.2) is 0 Å². The zero-order valence-electron chi connectivity index (χ0n) is 12.1. The van der Waals surface area contributed by atoms with Gasteiger partial charge >= 0.3 is 5.82 Å². The number of para-hydroxylation sites is 2. The molecule has 0 bridgehead atoms. The van der Waals surface area contributed by atoms with Crippen molar-refractivity contribution in [2.45, 2.75) is 19.9 Å². The van der Waals surface area contributed by atoms with Crippen LogP contribution >= 0.6 is 0 Å². The number of carbonyl (C=O) groups is 1. The molecule has 0 saturated heterocycles. The van der Waals surface area contributed by atoms with E-state index in [0.717, 1.165) is 6.42 Å². The van der Waals surface area contributed by atoms with Crippen molar-refractivity contribution in [1.82, 2.24) is 9.55 Å². The molecular formula is C14H16N4O4. The van der Waals surface area contributed by atoms with E-state index in [1.165, 1.54) is 17.1 Å². The van der Waals surface area contributed by atoms with Crippen LogP contribution in [0.4, 0.5) is 11.5 Å². The number of nitro groups is 1. The van der Waals surface area contributed by atoms with Crippen LogP contribution in [-0.2, 0) is 11.3 Å². The molecule has 2 aromatic rings. The first-order valence-corrected chi connectivity index (χ1v) is 6.78. The molecule has 0 aliphatic rings. The predicted octanol–water partition coefficient (Wildman–Crippen LogP) is 2.22. The second kappa shape index (κ2) is 7.21. The number of nitrogens with zero attached hydrogens (tertiary/aromatic N) is 3. The van der Waals surface area contributed by atoms with Crippen LogP contribution in [0.5, 0.6) is 5.75 Å². The molecule has 1 aromatic carbocycles. The molecule has 1 aromatic heterocycles. The van der Waals surface area contributed by atoms with Crippen LogP contribution in [-0.4, -0.2) is 27.0 Å². The number of ether oxygens (including phenoxy) is 1. The van der Waals surface area contributed by atoms with E-state index >= 15 is 0 Å². The minimum atomic E-state index is -0.609. The van der Waals surface area contributed by atoms with E-state index in [2.05, 4.69) is 10.3 Å². The number of hydrogen-bond acceptors (Lipinski definition) is 5. The summed E-state index contributed by atoms with van der Waals surface area (Å²) in [7, 11) is 0. The number of nitrogens with one attached hydrogen (secondary N) is 1. The zero-order chi connectivity index (χ0) is 15.9. The summed E-state index contributed by atoms with van der Waals surface area (Å²) in [6.45, 7) is 2.48. The molecule has 2 rings (SSSR count). The second-order valence-electron chi connectivity index (χ2n) is 4.55. The monoisotopic (exact) mass is 304 g/mol. The first-order valence-electron chi connectivity index (χ1n) is 6.78. The molecule has 0 unspecified atom stereocenters. The van der Waals surface area contributed by atoms with E-state index in [4.69, 9.17) is 4.74 Å². The van der Waals surface area contributed by atoms with Crippen LogP contribution in [0.15, 0.2) is 36.8 Å². The fourth-order valence-corrected chi connectivity index (χ4v) is 1.79. The Morgan fingerprint density at radius 1 is 1.45 bits per heavy atom. The van der Waals surface area contributed by atoms with E-state index < -0.39 is 4.92 Å². The molecule has 1 amide bonds. The first-order chi connectivity index (χ1) is 10.6. The van der Waals surface area contributed by atoms with Crippen molar-refractivity contribution in [1.29, 1.82) is 0 Å². The summed E-state index contributed by atoms with van der Waals surface area (Å²) >= 11 is 0. The normalized spacial score (nSPS) is 10.2. The molecule has 0 fully saturated rings. The third kappa shape index (κ3) is 4.05. The Morgan fingerprint density at radius 2 is 2.23 bits per heavy atom. The van der Waals surface area contributed by atoms with Gasteiger partial charge in [-0.3, -0.25) is 4.79 Å². The number of hydrogen-bond donors (Lipinski definition) is 1. The maximum absolute atomic E-state index is 12.0. The van der Waals surface area contributed by atoms with Crippen LogP contribution in [0.3, 0.4) is 0 Å². The number of aromatic nitrogens is 2. The smallest absolute Gasteiger partial charge is 0.381 e. The van der Waals surface area contributed by atoms with Gasteiger partial charge in [0.25, 0.3) is 0 Å². The number of rotatable bonds is 7. The standard InChI is InChI=1S/C14H16N4O4/c1-2-7-22-12-6-4-3-5-11(12)16-14(19)9-17-8-13(15-10-17)18(20)21/h3-6,8,10H,2,7,9H2,1H3,(H,16,19). The quantitative estimate of drug-likeness (QED) is 0.624. The third-order valence-corrected chi connectivity index (χ3v) is 2.76. The second-order valence-corrected chi connectivity index (χ2v) is 4.55. The molecule has 1 heterocycles. The van der Waals surface area contributed by atoms with Gasteiger partial charge in [-0.05, 0) is 28.5 Å². The Labute approximate surface area is 126 Å². The van der Waals surface area contributed by atoms with E-state index in [1.807, 2.05) is 13.0 Å². The third-order valence-electron chi connectivity index (χ3n) is 2.76. The van der Waals surface area contributed by atoms with Gasteiger partial charge in [0.1, 0.15) is 18.5 Å². The van der Waals surface area contributed by atoms with Crippen molar-refractivity contribution in [3.05, 3.63) is 46.9 Å². The lowest BCUT2D eigenvalue weighted by Crippen LogP contribution is -2.18. The van der Waals surface area contributed by atoms with Crippen LogP contribution < -0.4 is 10.1 Å². The summed E-state index contributed by atoms with van der Waals surface area (Å²) in [6, 6.07) is 7.11. The van der Waals surface area contributed by atoms with Gasteiger partial charge in [0.05, 0.1) is 12.3 Å². The van der Waals surface area contributed by atoms with Crippen molar-refractivity contribution in [3.63, 3.8) is 0 Å². The van der Waals surface area contributed by atoms with E-state index in [9.17, 15) is 14.9 Å². The predicted molar refractivity (Wildman–Crippen MR) is 79.7 cm³/mol.